The SMILES string of the molecule is O=c1ccn([C@H]2C[C@H](O)[C@@H](COP(=O)(O)OP(=O)(O)OP(=O)(O)O)O2)c(=O)[nH]1.[Na].[Na].[Na]. The van der Waals surface area contributed by atoms with Gasteiger partial charge in [-0.1, -0.05) is 0 Å². The molecule has 2 heterocycles. The van der Waals surface area contributed by atoms with Gasteiger partial charge in [-0.15, -0.1) is 0 Å². The van der Waals surface area contributed by atoms with E-state index >= 15 is 0 Å². The second-order valence-corrected chi connectivity index (χ2v) is 9.76. The van der Waals surface area contributed by atoms with E-state index in [2.05, 4.69) is 13.1 Å². The molecule has 0 aliphatic carbocycles. The molecule has 163 valence electrons. The number of hydrogen-bond donors (Lipinski definition) is 6. The summed E-state index contributed by atoms with van der Waals surface area (Å²) < 4.78 is 51.0. The first-order chi connectivity index (χ1) is 12.7. The predicted molar refractivity (Wildman–Crippen MR) is 103 cm³/mol. The van der Waals surface area contributed by atoms with Gasteiger partial charge in [-0.05, 0) is 0 Å². The zero-order valence-electron chi connectivity index (χ0n) is 16.5. The van der Waals surface area contributed by atoms with Crippen LogP contribution in [0.3, 0.4) is 0 Å². The van der Waals surface area contributed by atoms with Crippen LogP contribution >= 0.6 is 23.5 Å². The van der Waals surface area contributed by atoms with Crippen molar-refractivity contribution < 1.29 is 56.3 Å². The van der Waals surface area contributed by atoms with Gasteiger partial charge in [-0.25, -0.2) is 18.5 Å². The maximum absolute atomic E-state index is 11.7. The van der Waals surface area contributed by atoms with Gasteiger partial charge in [0, 0.05) is 107 Å². The van der Waals surface area contributed by atoms with Gasteiger partial charge in [-0.3, -0.25) is 18.9 Å². The number of aromatic nitrogens is 2. The van der Waals surface area contributed by atoms with Gasteiger partial charge in [-0.2, -0.15) is 8.62 Å². The molecular weight excluding hydrogens is 522 g/mol. The summed E-state index contributed by atoms with van der Waals surface area (Å²) in [6, 6.07) is 1.02. The Bertz CT molecular complexity index is 980. The number of rotatable bonds is 8. The minimum Gasteiger partial charge on any atom is -0.390 e. The summed E-state index contributed by atoms with van der Waals surface area (Å²) in [6.07, 6.45) is -2.74. The summed E-state index contributed by atoms with van der Waals surface area (Å²) in [5.41, 5.74) is -1.50. The van der Waals surface area contributed by atoms with E-state index < -0.39 is 59.8 Å². The van der Waals surface area contributed by atoms with Gasteiger partial charge in [0.25, 0.3) is 5.56 Å². The van der Waals surface area contributed by atoms with Crippen LogP contribution in [-0.2, 0) is 31.6 Å². The van der Waals surface area contributed by atoms with Crippen molar-refractivity contribution in [2.24, 2.45) is 0 Å². The molecule has 1 aromatic rings. The standard InChI is InChI=1S/C9H15N2O14P3.3Na/c12-5-3-8(11-2-1-7(13)10-9(11)14)23-6(5)4-22-27(18,19)25-28(20,21)24-26(15,16)17;;;/h1-2,5-6,8,12H,3-4H2,(H,18,19)(H,20,21)(H,10,13,14)(H2,15,16,17);;;/t5-,6+,8+;;;/m0.../s1. The molecule has 22 heteroatoms. The first-order valence-electron chi connectivity index (χ1n) is 7.11. The second-order valence-electron chi connectivity index (χ2n) is 5.34. The van der Waals surface area contributed by atoms with E-state index in [1.54, 1.807) is 0 Å². The molecule has 6 N–H and O–H groups in total. The third-order valence-corrected chi connectivity index (χ3v) is 6.99. The zero-order valence-corrected chi connectivity index (χ0v) is 25.2. The average Bonchev–Trinajstić information content (AvgIpc) is 2.82. The maximum Gasteiger partial charge on any atom is 0.490 e. The minimum atomic E-state index is -5.67. The summed E-state index contributed by atoms with van der Waals surface area (Å²) in [6.45, 7) is -0.876. The molecule has 2 rings (SSSR count). The Labute approximate surface area is 240 Å². The van der Waals surface area contributed by atoms with E-state index in [-0.39, 0.29) is 95.1 Å². The van der Waals surface area contributed by atoms with Gasteiger partial charge in [0.2, 0.25) is 0 Å². The van der Waals surface area contributed by atoms with Crippen LogP contribution in [0.1, 0.15) is 12.6 Å². The number of ether oxygens (including phenoxy) is 1. The van der Waals surface area contributed by atoms with E-state index in [1.165, 1.54) is 0 Å². The van der Waals surface area contributed by atoms with Crippen molar-refractivity contribution in [2.75, 3.05) is 6.61 Å². The van der Waals surface area contributed by atoms with Gasteiger partial charge in [0.1, 0.15) is 12.3 Å². The fourth-order valence-electron chi connectivity index (χ4n) is 2.16. The Morgan fingerprint density at radius 2 is 1.65 bits per heavy atom. The minimum absolute atomic E-state index is 0. The van der Waals surface area contributed by atoms with Crippen LogP contribution in [0.25, 0.3) is 0 Å². The molecule has 1 fully saturated rings. The molecule has 3 radical (unpaired) electrons. The van der Waals surface area contributed by atoms with E-state index in [4.69, 9.17) is 19.4 Å². The first kappa shape index (κ1) is 35.2. The van der Waals surface area contributed by atoms with Crippen LogP contribution in [0.15, 0.2) is 21.9 Å². The van der Waals surface area contributed by atoms with Crippen LogP contribution in [-0.4, -0.2) is 142 Å². The van der Waals surface area contributed by atoms with Crippen molar-refractivity contribution >= 4 is 112 Å². The summed E-state index contributed by atoms with van der Waals surface area (Å²) >= 11 is 0. The number of phosphoric acid groups is 3. The third kappa shape index (κ3) is 12.0. The maximum atomic E-state index is 11.7. The average molecular weight is 537 g/mol. The number of H-pyrrole nitrogens is 1. The molecule has 0 spiro atoms. The van der Waals surface area contributed by atoms with Crippen LogP contribution in [0, 0.1) is 0 Å². The number of nitrogens with zero attached hydrogens (tertiary/aromatic N) is 1. The molecule has 1 aromatic heterocycles. The van der Waals surface area contributed by atoms with Crippen LogP contribution in [0.5, 0.6) is 0 Å². The Morgan fingerprint density at radius 3 is 2.16 bits per heavy atom. The van der Waals surface area contributed by atoms with Crippen molar-refractivity contribution in [3.63, 3.8) is 0 Å². The number of aromatic amines is 1. The zero-order chi connectivity index (χ0) is 21.3. The van der Waals surface area contributed by atoms with Gasteiger partial charge in [0.05, 0.1) is 12.7 Å². The fraction of sp³-hybridized carbons (Fsp3) is 0.556. The normalized spacial score (nSPS) is 24.6. The summed E-state index contributed by atoms with van der Waals surface area (Å²) in [5.74, 6) is 0. The number of aliphatic hydroxyl groups is 1. The van der Waals surface area contributed by atoms with Crippen molar-refractivity contribution in [3.05, 3.63) is 33.1 Å². The Hall–Kier alpha value is 2.01. The number of aliphatic hydroxyl groups excluding tert-OH is 1. The van der Waals surface area contributed by atoms with Crippen LogP contribution < -0.4 is 11.2 Å². The predicted octanol–water partition coefficient (Wildman–Crippen LogP) is -2.61. The molecule has 0 amide bonds. The van der Waals surface area contributed by atoms with Crippen molar-refractivity contribution in [1.29, 1.82) is 0 Å². The van der Waals surface area contributed by atoms with E-state index in [9.17, 15) is 33.3 Å². The molecule has 2 unspecified atom stereocenters. The van der Waals surface area contributed by atoms with Crippen molar-refractivity contribution in [2.45, 2.75) is 24.9 Å². The first-order valence-corrected chi connectivity index (χ1v) is 11.6. The Balaban J connectivity index is 0. The van der Waals surface area contributed by atoms with Crippen molar-refractivity contribution in [3.8, 4) is 0 Å². The summed E-state index contributed by atoms with van der Waals surface area (Å²) in [4.78, 5) is 60.0. The van der Waals surface area contributed by atoms with Gasteiger partial charge in [0.15, 0.2) is 0 Å². The monoisotopic (exact) mass is 537 g/mol. The number of hydrogen-bond acceptors (Lipinski definition) is 10. The van der Waals surface area contributed by atoms with Gasteiger partial charge < -0.3 is 29.4 Å². The third-order valence-electron chi connectivity index (χ3n) is 3.18. The Kier molecular flexibility index (Phi) is 15.8. The molecule has 0 bridgehead atoms. The molecule has 0 saturated carbocycles. The number of nitrogens with one attached hydrogen (secondary N) is 1. The number of phosphoric ester groups is 1. The second kappa shape index (κ2) is 13.9. The van der Waals surface area contributed by atoms with Crippen LogP contribution in [0.2, 0.25) is 0 Å². The molecule has 0 aromatic carbocycles. The van der Waals surface area contributed by atoms with Gasteiger partial charge >= 0.3 is 29.2 Å². The molecule has 1 aliphatic rings. The molecule has 1 aliphatic heterocycles. The van der Waals surface area contributed by atoms with Crippen LogP contribution in [0.4, 0.5) is 0 Å². The van der Waals surface area contributed by atoms with E-state index in [1.807, 2.05) is 4.98 Å². The molecule has 16 nitrogen and oxygen atoms in total. The molecule has 5 atom stereocenters. The molecular formula is C9H15N2Na3O14P3. The summed E-state index contributed by atoms with van der Waals surface area (Å²) in [7, 11) is -16.6. The largest absolute Gasteiger partial charge is 0.490 e. The quantitative estimate of drug-likeness (QED) is 0.147. The van der Waals surface area contributed by atoms with E-state index in [0.717, 1.165) is 16.8 Å². The smallest absolute Gasteiger partial charge is 0.390 e. The fourth-order valence-corrected chi connectivity index (χ4v) is 5.19. The molecule has 31 heavy (non-hydrogen) atoms. The topological polar surface area (TPSA) is 244 Å². The molecule has 1 saturated heterocycles. The summed E-state index contributed by atoms with van der Waals surface area (Å²) in [5, 5.41) is 9.91. The van der Waals surface area contributed by atoms with E-state index in [0.29, 0.717) is 0 Å². The van der Waals surface area contributed by atoms with Crippen molar-refractivity contribution in [1.82, 2.24) is 9.55 Å². The Morgan fingerprint density at radius 1 is 1.06 bits per heavy atom.